The summed E-state index contributed by atoms with van der Waals surface area (Å²) in [7, 11) is 0. The molecule has 0 aliphatic heterocycles. The zero-order chi connectivity index (χ0) is 38.6. The number of alkyl halides is 3. The van der Waals surface area contributed by atoms with Gasteiger partial charge in [0.2, 0.25) is 11.9 Å². The molecule has 0 saturated heterocycles. The zero-order valence-electron chi connectivity index (χ0n) is 27.9. The van der Waals surface area contributed by atoms with Crippen molar-refractivity contribution in [3.8, 4) is 6.01 Å². The Labute approximate surface area is 303 Å². The smallest absolute Gasteiger partial charge is 0.422 e. The third-order valence-corrected chi connectivity index (χ3v) is 8.08. The van der Waals surface area contributed by atoms with Gasteiger partial charge in [-0.1, -0.05) is 37.6 Å². The van der Waals surface area contributed by atoms with Crippen LogP contribution in [0.15, 0.2) is 60.7 Å². The normalized spacial score (nSPS) is 13.5. The van der Waals surface area contributed by atoms with Crippen molar-refractivity contribution in [1.82, 2.24) is 25.6 Å². The fourth-order valence-corrected chi connectivity index (χ4v) is 4.92. The Balaban J connectivity index is 1.17. The molecule has 1 saturated carbocycles. The summed E-state index contributed by atoms with van der Waals surface area (Å²) in [6, 6.07) is 13.9. The number of nitrogens with zero attached hydrogens (tertiary/aromatic N) is 3. The summed E-state index contributed by atoms with van der Waals surface area (Å²) in [5.74, 6) is -8.07. The van der Waals surface area contributed by atoms with Crippen molar-refractivity contribution < 1.29 is 45.5 Å². The maximum Gasteiger partial charge on any atom is 0.422 e. The number of amides is 3. The Morgan fingerprint density at radius 3 is 2.09 bits per heavy atom. The second-order valence-corrected chi connectivity index (χ2v) is 13.2. The molecule has 5 N–H and O–H groups in total. The minimum atomic E-state index is -4.64. The van der Waals surface area contributed by atoms with E-state index < -0.39 is 70.6 Å². The molecule has 280 valence electrons. The van der Waals surface area contributed by atoms with Crippen molar-refractivity contribution in [1.29, 1.82) is 0 Å². The van der Waals surface area contributed by atoms with Crippen LogP contribution in [0.3, 0.4) is 0 Å². The molecule has 1 aliphatic carbocycles. The van der Waals surface area contributed by atoms with Gasteiger partial charge in [0.1, 0.15) is 0 Å². The summed E-state index contributed by atoms with van der Waals surface area (Å²) < 4.78 is 83.9. The Morgan fingerprint density at radius 2 is 1.45 bits per heavy atom. The van der Waals surface area contributed by atoms with Crippen LogP contribution in [0.25, 0.3) is 0 Å². The molecule has 0 unspecified atom stereocenters. The standard InChI is InChI=1S/C34H31ClF6N8O4/c1-32(2,16-43-27(51)28(52)45-23-12-11-22(36)24(37)25(23)38)15-42-26(50)18-3-9-21(10-4-18)44-29-46-30(48-31(47-29)53-17-34(39,40)41)49-33(13-14-33)19-5-7-20(35)8-6-19/h3-12H,13-17H2,1-2H3,(H,42,50)(H,43,51)(H,45,52)(H2,44,46,47,48,49). The molecule has 19 heteroatoms. The minimum Gasteiger partial charge on any atom is -0.454 e. The predicted molar refractivity (Wildman–Crippen MR) is 181 cm³/mol. The van der Waals surface area contributed by atoms with Crippen molar-refractivity contribution in [2.75, 3.05) is 35.6 Å². The third-order valence-electron chi connectivity index (χ3n) is 7.83. The average Bonchev–Trinajstić information content (AvgIpc) is 3.89. The van der Waals surface area contributed by atoms with Gasteiger partial charge in [0.25, 0.3) is 5.91 Å². The molecule has 0 atom stereocenters. The van der Waals surface area contributed by atoms with Gasteiger partial charge < -0.3 is 31.3 Å². The Kier molecular flexibility index (Phi) is 11.3. The van der Waals surface area contributed by atoms with Crippen molar-refractivity contribution in [2.24, 2.45) is 5.41 Å². The number of ether oxygens (including phenoxy) is 1. The van der Waals surface area contributed by atoms with Gasteiger partial charge in [-0.15, -0.1) is 0 Å². The van der Waals surface area contributed by atoms with Gasteiger partial charge in [-0.2, -0.15) is 28.1 Å². The number of benzene rings is 3. The first-order valence-corrected chi connectivity index (χ1v) is 16.2. The van der Waals surface area contributed by atoms with Crippen LogP contribution >= 0.6 is 11.6 Å². The maximum atomic E-state index is 13.8. The molecule has 1 aliphatic rings. The molecule has 1 aromatic heterocycles. The molecule has 0 spiro atoms. The number of carbonyl (C=O) groups is 3. The van der Waals surface area contributed by atoms with E-state index in [-0.39, 0.29) is 30.5 Å². The number of carbonyl (C=O) groups excluding carboxylic acids is 3. The highest BCUT2D eigenvalue weighted by molar-refractivity contribution is 6.39. The number of halogens is 7. The van der Waals surface area contributed by atoms with Crippen molar-refractivity contribution >= 4 is 52.6 Å². The van der Waals surface area contributed by atoms with E-state index in [1.807, 2.05) is 17.4 Å². The van der Waals surface area contributed by atoms with E-state index in [1.165, 1.54) is 24.3 Å². The lowest BCUT2D eigenvalue weighted by Gasteiger charge is -2.25. The first-order chi connectivity index (χ1) is 24.9. The molecule has 4 aromatic rings. The molecular weight excluding hydrogens is 734 g/mol. The fourth-order valence-electron chi connectivity index (χ4n) is 4.79. The van der Waals surface area contributed by atoms with E-state index in [2.05, 4.69) is 36.2 Å². The number of aromatic nitrogens is 3. The lowest BCUT2D eigenvalue weighted by molar-refractivity contribution is -0.154. The minimum absolute atomic E-state index is 0.0280. The Bertz CT molecular complexity index is 2000. The molecule has 0 bridgehead atoms. The van der Waals surface area contributed by atoms with Crippen LogP contribution in [0.2, 0.25) is 5.02 Å². The molecule has 5 rings (SSSR count). The van der Waals surface area contributed by atoms with Gasteiger partial charge in [-0.3, -0.25) is 14.4 Å². The largest absolute Gasteiger partial charge is 0.454 e. The Morgan fingerprint density at radius 1 is 0.811 bits per heavy atom. The number of hydrogen-bond acceptors (Lipinski definition) is 9. The summed E-state index contributed by atoms with van der Waals surface area (Å²) in [6.07, 6.45) is -3.22. The fraction of sp³-hybridized carbons (Fsp3) is 0.294. The van der Waals surface area contributed by atoms with Gasteiger partial charge in [-0.05, 0) is 72.4 Å². The van der Waals surface area contributed by atoms with Crippen LogP contribution < -0.4 is 31.3 Å². The second-order valence-electron chi connectivity index (χ2n) is 12.8. The Hall–Kier alpha value is -5.65. The molecule has 3 amide bonds. The highest BCUT2D eigenvalue weighted by Crippen LogP contribution is 2.48. The van der Waals surface area contributed by atoms with Crippen LogP contribution in [0, 0.1) is 22.9 Å². The molecule has 0 radical (unpaired) electrons. The first-order valence-electron chi connectivity index (χ1n) is 15.8. The van der Waals surface area contributed by atoms with E-state index in [9.17, 15) is 40.7 Å². The summed E-state index contributed by atoms with van der Waals surface area (Å²) in [4.78, 5) is 49.6. The van der Waals surface area contributed by atoms with Gasteiger partial charge in [0, 0.05) is 29.4 Å². The van der Waals surface area contributed by atoms with Gasteiger partial charge in [0.15, 0.2) is 24.1 Å². The van der Waals surface area contributed by atoms with E-state index in [4.69, 9.17) is 16.3 Å². The monoisotopic (exact) mass is 764 g/mol. The number of nitrogens with one attached hydrogen (secondary N) is 5. The number of anilines is 4. The lowest BCUT2D eigenvalue weighted by atomic mass is 9.93. The molecule has 3 aromatic carbocycles. The van der Waals surface area contributed by atoms with Crippen LogP contribution in [-0.4, -0.2) is 58.5 Å². The third kappa shape index (κ3) is 10.5. The summed E-state index contributed by atoms with van der Waals surface area (Å²) in [5.41, 5.74) is -0.564. The van der Waals surface area contributed by atoms with E-state index in [1.54, 1.807) is 26.0 Å². The van der Waals surface area contributed by atoms with E-state index in [0.717, 1.165) is 11.6 Å². The topological polar surface area (TPSA) is 159 Å². The molecular formula is C34H31ClF6N8O4. The molecule has 53 heavy (non-hydrogen) atoms. The van der Waals surface area contributed by atoms with Crippen LogP contribution in [0.4, 0.5) is 49.6 Å². The van der Waals surface area contributed by atoms with E-state index >= 15 is 0 Å². The van der Waals surface area contributed by atoms with E-state index in [0.29, 0.717) is 29.6 Å². The quantitative estimate of drug-likeness (QED) is 0.0604. The summed E-state index contributed by atoms with van der Waals surface area (Å²) in [5, 5.41) is 13.5. The molecule has 12 nitrogen and oxygen atoms in total. The van der Waals surface area contributed by atoms with Gasteiger partial charge >= 0.3 is 24.0 Å². The molecule has 1 fully saturated rings. The van der Waals surface area contributed by atoms with Crippen molar-refractivity contribution in [3.05, 3.63) is 94.3 Å². The van der Waals surface area contributed by atoms with Crippen molar-refractivity contribution in [3.63, 3.8) is 0 Å². The van der Waals surface area contributed by atoms with Crippen molar-refractivity contribution in [2.45, 2.75) is 38.4 Å². The highest BCUT2D eigenvalue weighted by atomic mass is 35.5. The highest BCUT2D eigenvalue weighted by Gasteiger charge is 2.45. The number of rotatable bonds is 13. The van der Waals surface area contributed by atoms with Crippen LogP contribution in [0.5, 0.6) is 6.01 Å². The SMILES string of the molecule is CC(C)(CNC(=O)C(=O)Nc1ccc(F)c(F)c1F)CNC(=O)c1ccc(Nc2nc(NC3(c4ccc(Cl)cc4)CC3)nc(OCC(F)(F)F)n2)cc1. The summed E-state index contributed by atoms with van der Waals surface area (Å²) in [6.45, 7) is 1.66. The maximum absolute atomic E-state index is 13.8. The zero-order valence-corrected chi connectivity index (χ0v) is 28.7. The van der Waals surface area contributed by atoms with Gasteiger partial charge in [-0.25, -0.2) is 13.2 Å². The van der Waals surface area contributed by atoms with Gasteiger partial charge in [0.05, 0.1) is 11.2 Å². The summed E-state index contributed by atoms with van der Waals surface area (Å²) >= 11 is 6.01. The molecule has 1 heterocycles. The van der Waals surface area contributed by atoms with Crippen LogP contribution in [0.1, 0.15) is 42.6 Å². The lowest BCUT2D eigenvalue weighted by Crippen LogP contribution is -2.45. The van der Waals surface area contributed by atoms with Crippen LogP contribution in [-0.2, 0) is 15.1 Å². The second kappa shape index (κ2) is 15.5. The average molecular weight is 765 g/mol. The first kappa shape index (κ1) is 38.6. The predicted octanol–water partition coefficient (Wildman–Crippen LogP) is 6.24. The number of hydrogen-bond donors (Lipinski definition) is 5.